The average Bonchev–Trinajstić information content (AvgIpc) is 3.26. The van der Waals surface area contributed by atoms with Crippen LogP contribution in [0.5, 0.6) is 0 Å². The maximum atomic E-state index is 4.51. The van der Waals surface area contributed by atoms with Crippen molar-refractivity contribution >= 4 is 5.82 Å². The van der Waals surface area contributed by atoms with Crippen LogP contribution in [-0.4, -0.2) is 29.0 Å². The number of rotatable bonds is 9. The quantitative estimate of drug-likeness (QED) is 0.740. The Balaban J connectivity index is 1.98. The summed E-state index contributed by atoms with van der Waals surface area (Å²) in [5.41, 5.74) is 1.34. The van der Waals surface area contributed by atoms with Crippen LogP contribution in [0.4, 0.5) is 5.82 Å². The first-order valence-corrected chi connectivity index (χ1v) is 8.12. The second-order valence-electron chi connectivity index (χ2n) is 6.32. The molecule has 0 unspecified atom stereocenters. The molecule has 0 aromatic carbocycles. The van der Waals surface area contributed by atoms with Crippen molar-refractivity contribution in [3.05, 3.63) is 23.9 Å². The Morgan fingerprint density at radius 3 is 2.85 bits per heavy atom. The molecule has 1 fully saturated rings. The van der Waals surface area contributed by atoms with Gasteiger partial charge in [-0.15, -0.1) is 0 Å². The monoisotopic (exact) mass is 275 g/mol. The molecule has 1 aromatic rings. The molecule has 1 heterocycles. The van der Waals surface area contributed by atoms with E-state index in [2.05, 4.69) is 48.1 Å². The van der Waals surface area contributed by atoms with Gasteiger partial charge in [0.25, 0.3) is 0 Å². The third-order valence-electron chi connectivity index (χ3n) is 3.86. The summed E-state index contributed by atoms with van der Waals surface area (Å²) in [6.45, 7) is 10.1. The van der Waals surface area contributed by atoms with Gasteiger partial charge in [0.05, 0.1) is 0 Å². The maximum absolute atomic E-state index is 4.51. The van der Waals surface area contributed by atoms with Crippen molar-refractivity contribution in [3.8, 4) is 0 Å². The molecule has 0 amide bonds. The average molecular weight is 275 g/mol. The van der Waals surface area contributed by atoms with E-state index in [0.29, 0.717) is 0 Å². The lowest BCUT2D eigenvalue weighted by Gasteiger charge is -2.24. The van der Waals surface area contributed by atoms with Crippen molar-refractivity contribution in [2.45, 2.75) is 59.0 Å². The number of pyridine rings is 1. The first-order chi connectivity index (χ1) is 9.70. The Bertz CT molecular complexity index is 399. The third-order valence-corrected chi connectivity index (χ3v) is 3.86. The summed E-state index contributed by atoms with van der Waals surface area (Å²) in [4.78, 5) is 7.15. The molecular formula is C17H29N3. The molecule has 1 aliphatic carbocycles. The van der Waals surface area contributed by atoms with Crippen LogP contribution >= 0.6 is 0 Å². The van der Waals surface area contributed by atoms with Crippen LogP contribution in [0.15, 0.2) is 18.3 Å². The lowest BCUT2D eigenvalue weighted by Crippen LogP contribution is -2.28. The van der Waals surface area contributed by atoms with E-state index >= 15 is 0 Å². The van der Waals surface area contributed by atoms with Crippen molar-refractivity contribution < 1.29 is 0 Å². The van der Waals surface area contributed by atoms with Crippen molar-refractivity contribution in [2.24, 2.45) is 5.92 Å². The molecule has 3 nitrogen and oxygen atoms in total. The molecule has 2 rings (SSSR count). The highest BCUT2D eigenvalue weighted by Crippen LogP contribution is 2.29. The van der Waals surface area contributed by atoms with Crippen molar-refractivity contribution in [1.29, 1.82) is 0 Å². The fraction of sp³-hybridized carbons (Fsp3) is 0.706. The van der Waals surface area contributed by atoms with Gasteiger partial charge < -0.3 is 5.32 Å². The lowest BCUT2D eigenvalue weighted by molar-refractivity contribution is 0.239. The molecule has 0 atom stereocenters. The molecule has 1 saturated carbocycles. The highest BCUT2D eigenvalue weighted by atomic mass is 15.2. The highest BCUT2D eigenvalue weighted by Gasteiger charge is 2.29. The molecule has 20 heavy (non-hydrogen) atoms. The van der Waals surface area contributed by atoms with E-state index in [1.165, 1.54) is 31.4 Å². The summed E-state index contributed by atoms with van der Waals surface area (Å²) in [7, 11) is 0. The molecule has 0 saturated heterocycles. The minimum absolute atomic E-state index is 0.780. The Hall–Kier alpha value is -1.09. The summed E-state index contributed by atoms with van der Waals surface area (Å²) in [6, 6.07) is 5.09. The zero-order valence-electron chi connectivity index (χ0n) is 13.2. The molecular weight excluding hydrogens is 246 g/mol. The molecule has 1 N–H and O–H groups in total. The number of hydrogen-bond donors (Lipinski definition) is 1. The minimum Gasteiger partial charge on any atom is -0.370 e. The minimum atomic E-state index is 0.780. The molecule has 1 aliphatic rings. The van der Waals surface area contributed by atoms with Crippen molar-refractivity contribution in [2.75, 3.05) is 18.4 Å². The van der Waals surface area contributed by atoms with Gasteiger partial charge >= 0.3 is 0 Å². The SMILES string of the molecule is CCCNc1ncccc1CN(CCC(C)C)C1CC1. The van der Waals surface area contributed by atoms with E-state index in [-0.39, 0.29) is 0 Å². The highest BCUT2D eigenvalue weighted by molar-refractivity contribution is 5.43. The number of nitrogens with one attached hydrogen (secondary N) is 1. The summed E-state index contributed by atoms with van der Waals surface area (Å²) in [5.74, 6) is 1.85. The fourth-order valence-electron chi connectivity index (χ4n) is 2.44. The Kier molecular flexibility index (Phi) is 5.84. The summed E-state index contributed by atoms with van der Waals surface area (Å²) in [6.07, 6.45) is 7.05. The largest absolute Gasteiger partial charge is 0.370 e. The number of hydrogen-bond acceptors (Lipinski definition) is 3. The van der Waals surface area contributed by atoms with Crippen molar-refractivity contribution in [3.63, 3.8) is 0 Å². The summed E-state index contributed by atoms with van der Waals surface area (Å²) < 4.78 is 0. The zero-order valence-corrected chi connectivity index (χ0v) is 13.2. The Morgan fingerprint density at radius 1 is 1.40 bits per heavy atom. The molecule has 0 aliphatic heterocycles. The predicted molar refractivity (Wildman–Crippen MR) is 85.9 cm³/mol. The topological polar surface area (TPSA) is 28.2 Å². The van der Waals surface area contributed by atoms with E-state index in [4.69, 9.17) is 0 Å². The smallest absolute Gasteiger partial charge is 0.130 e. The number of aromatic nitrogens is 1. The number of nitrogens with zero attached hydrogens (tertiary/aromatic N) is 2. The molecule has 0 bridgehead atoms. The van der Waals surface area contributed by atoms with Gasteiger partial charge in [-0.25, -0.2) is 4.98 Å². The van der Waals surface area contributed by atoms with Crippen LogP contribution in [0.2, 0.25) is 0 Å². The van der Waals surface area contributed by atoms with Gasteiger partial charge in [-0.1, -0.05) is 26.8 Å². The molecule has 3 heteroatoms. The van der Waals surface area contributed by atoms with E-state index in [1.807, 2.05) is 6.20 Å². The van der Waals surface area contributed by atoms with E-state index in [9.17, 15) is 0 Å². The molecule has 0 radical (unpaired) electrons. The van der Waals surface area contributed by atoms with E-state index in [0.717, 1.165) is 37.3 Å². The van der Waals surface area contributed by atoms with E-state index in [1.54, 1.807) is 0 Å². The van der Waals surface area contributed by atoms with Crippen LogP contribution < -0.4 is 5.32 Å². The van der Waals surface area contributed by atoms with Gasteiger partial charge in [0.2, 0.25) is 0 Å². The van der Waals surface area contributed by atoms with Gasteiger partial charge in [0.15, 0.2) is 0 Å². The van der Waals surface area contributed by atoms with Gasteiger partial charge in [-0.05, 0) is 44.2 Å². The fourth-order valence-corrected chi connectivity index (χ4v) is 2.44. The lowest BCUT2D eigenvalue weighted by atomic mass is 10.1. The Labute approximate surface area is 123 Å². The summed E-state index contributed by atoms with van der Waals surface area (Å²) >= 11 is 0. The zero-order chi connectivity index (χ0) is 14.4. The number of anilines is 1. The molecule has 112 valence electrons. The van der Waals surface area contributed by atoms with Gasteiger partial charge in [-0.3, -0.25) is 4.90 Å². The maximum Gasteiger partial charge on any atom is 0.130 e. The van der Waals surface area contributed by atoms with Gasteiger partial charge in [-0.2, -0.15) is 0 Å². The Morgan fingerprint density at radius 2 is 2.20 bits per heavy atom. The second kappa shape index (κ2) is 7.63. The van der Waals surface area contributed by atoms with Crippen molar-refractivity contribution in [1.82, 2.24) is 9.88 Å². The normalized spacial score (nSPS) is 15.1. The van der Waals surface area contributed by atoms with Crippen LogP contribution in [-0.2, 0) is 6.54 Å². The molecule has 1 aromatic heterocycles. The summed E-state index contributed by atoms with van der Waals surface area (Å²) in [5, 5.41) is 3.45. The van der Waals surface area contributed by atoms with Crippen LogP contribution in [0, 0.1) is 5.92 Å². The van der Waals surface area contributed by atoms with Crippen LogP contribution in [0.25, 0.3) is 0 Å². The van der Waals surface area contributed by atoms with Crippen LogP contribution in [0.3, 0.4) is 0 Å². The third kappa shape index (κ3) is 4.78. The van der Waals surface area contributed by atoms with Crippen LogP contribution in [0.1, 0.15) is 52.0 Å². The standard InChI is InChI=1S/C17H29N3/c1-4-10-18-17-15(6-5-11-19-17)13-20(16-7-8-16)12-9-14(2)3/h5-6,11,14,16H,4,7-10,12-13H2,1-3H3,(H,18,19). The first kappa shape index (κ1) is 15.3. The first-order valence-electron chi connectivity index (χ1n) is 8.12. The second-order valence-corrected chi connectivity index (χ2v) is 6.32. The van der Waals surface area contributed by atoms with E-state index < -0.39 is 0 Å². The van der Waals surface area contributed by atoms with Gasteiger partial charge in [0, 0.05) is 30.9 Å². The van der Waals surface area contributed by atoms with Gasteiger partial charge in [0.1, 0.15) is 5.82 Å². The predicted octanol–water partition coefficient (Wildman–Crippen LogP) is 3.91. The molecule has 0 spiro atoms.